The summed E-state index contributed by atoms with van der Waals surface area (Å²) in [6.45, 7) is 4.49. The molecule has 0 bridgehead atoms. The SMILES string of the molecule is CCNC(=O)c1nc2ccc(C)cc2[nH]1. The molecule has 4 heteroatoms. The number of hydrogen-bond donors (Lipinski definition) is 2. The fourth-order valence-electron chi connectivity index (χ4n) is 1.48. The lowest BCUT2D eigenvalue weighted by atomic mass is 10.2. The number of imidazole rings is 1. The molecule has 0 fully saturated rings. The van der Waals surface area contributed by atoms with Gasteiger partial charge in [-0.25, -0.2) is 4.98 Å². The predicted octanol–water partition coefficient (Wildman–Crippen LogP) is 1.62. The van der Waals surface area contributed by atoms with Crippen LogP contribution in [0.4, 0.5) is 0 Å². The topological polar surface area (TPSA) is 57.8 Å². The van der Waals surface area contributed by atoms with Gasteiger partial charge in [-0.05, 0) is 31.5 Å². The Labute approximate surface area is 87.7 Å². The van der Waals surface area contributed by atoms with Crippen molar-refractivity contribution in [2.75, 3.05) is 6.54 Å². The summed E-state index contributed by atoms with van der Waals surface area (Å²) in [6, 6.07) is 5.86. The molecule has 15 heavy (non-hydrogen) atoms. The second kappa shape index (κ2) is 3.73. The highest BCUT2D eigenvalue weighted by atomic mass is 16.2. The third-order valence-corrected chi connectivity index (χ3v) is 2.19. The number of amides is 1. The van der Waals surface area contributed by atoms with E-state index >= 15 is 0 Å². The Kier molecular flexibility index (Phi) is 2.41. The molecule has 0 radical (unpaired) electrons. The van der Waals surface area contributed by atoms with Crippen LogP contribution in [0.1, 0.15) is 23.1 Å². The van der Waals surface area contributed by atoms with E-state index in [2.05, 4.69) is 15.3 Å². The number of carbonyl (C=O) groups is 1. The molecule has 0 aliphatic carbocycles. The molecule has 0 atom stereocenters. The lowest BCUT2D eigenvalue weighted by Crippen LogP contribution is -2.23. The van der Waals surface area contributed by atoms with Gasteiger partial charge in [0, 0.05) is 6.54 Å². The van der Waals surface area contributed by atoms with Crippen LogP contribution in [0.2, 0.25) is 0 Å². The van der Waals surface area contributed by atoms with Crippen LogP contribution in [0, 0.1) is 6.92 Å². The number of nitrogens with zero attached hydrogens (tertiary/aromatic N) is 1. The number of aryl methyl sites for hydroxylation is 1. The Hall–Kier alpha value is -1.84. The van der Waals surface area contributed by atoms with E-state index in [1.54, 1.807) is 0 Å². The third-order valence-electron chi connectivity index (χ3n) is 2.19. The van der Waals surface area contributed by atoms with Gasteiger partial charge >= 0.3 is 0 Å². The number of fused-ring (bicyclic) bond motifs is 1. The second-order valence-electron chi connectivity index (χ2n) is 3.47. The van der Waals surface area contributed by atoms with Gasteiger partial charge in [0.1, 0.15) is 0 Å². The van der Waals surface area contributed by atoms with Crippen LogP contribution in [-0.4, -0.2) is 22.4 Å². The molecule has 0 unspecified atom stereocenters. The molecule has 1 amide bonds. The highest BCUT2D eigenvalue weighted by Crippen LogP contribution is 2.12. The van der Waals surface area contributed by atoms with Crippen molar-refractivity contribution in [2.45, 2.75) is 13.8 Å². The zero-order valence-electron chi connectivity index (χ0n) is 8.79. The first-order valence-electron chi connectivity index (χ1n) is 4.95. The van der Waals surface area contributed by atoms with Gasteiger partial charge in [-0.15, -0.1) is 0 Å². The number of H-pyrrole nitrogens is 1. The number of carbonyl (C=O) groups excluding carboxylic acids is 1. The maximum Gasteiger partial charge on any atom is 0.287 e. The monoisotopic (exact) mass is 203 g/mol. The molecule has 4 nitrogen and oxygen atoms in total. The number of nitrogens with one attached hydrogen (secondary N) is 2. The first kappa shape index (κ1) is 9.71. The van der Waals surface area contributed by atoms with Gasteiger partial charge in [0.25, 0.3) is 5.91 Å². The van der Waals surface area contributed by atoms with Crippen molar-refractivity contribution < 1.29 is 4.79 Å². The van der Waals surface area contributed by atoms with E-state index in [1.807, 2.05) is 32.0 Å². The lowest BCUT2D eigenvalue weighted by molar-refractivity contribution is 0.0947. The summed E-state index contributed by atoms with van der Waals surface area (Å²) in [6.07, 6.45) is 0. The van der Waals surface area contributed by atoms with Crippen molar-refractivity contribution >= 4 is 16.9 Å². The van der Waals surface area contributed by atoms with Gasteiger partial charge in [-0.1, -0.05) is 6.07 Å². The number of hydrogen-bond acceptors (Lipinski definition) is 2. The van der Waals surface area contributed by atoms with Crippen molar-refractivity contribution in [3.05, 3.63) is 29.6 Å². The maximum absolute atomic E-state index is 11.5. The summed E-state index contributed by atoms with van der Waals surface area (Å²) in [5.74, 6) is 0.212. The molecule has 2 N–H and O–H groups in total. The van der Waals surface area contributed by atoms with E-state index in [1.165, 1.54) is 0 Å². The second-order valence-corrected chi connectivity index (χ2v) is 3.47. The summed E-state index contributed by atoms with van der Waals surface area (Å²) in [7, 11) is 0. The summed E-state index contributed by atoms with van der Waals surface area (Å²) in [5.41, 5.74) is 2.87. The zero-order valence-corrected chi connectivity index (χ0v) is 8.79. The first-order valence-corrected chi connectivity index (χ1v) is 4.95. The maximum atomic E-state index is 11.5. The normalized spacial score (nSPS) is 10.5. The van der Waals surface area contributed by atoms with Crippen LogP contribution in [-0.2, 0) is 0 Å². The Morgan fingerprint density at radius 2 is 2.33 bits per heavy atom. The molecule has 0 aliphatic rings. The minimum atomic E-state index is -0.161. The first-order chi connectivity index (χ1) is 7.20. The number of aromatic amines is 1. The van der Waals surface area contributed by atoms with Gasteiger partial charge in [0.15, 0.2) is 5.82 Å². The zero-order chi connectivity index (χ0) is 10.8. The summed E-state index contributed by atoms with van der Waals surface area (Å²) < 4.78 is 0. The molecule has 0 aliphatic heterocycles. The molecule has 1 heterocycles. The predicted molar refractivity (Wildman–Crippen MR) is 58.8 cm³/mol. The molecule has 0 saturated heterocycles. The highest BCUT2D eigenvalue weighted by Gasteiger charge is 2.09. The van der Waals surface area contributed by atoms with E-state index < -0.39 is 0 Å². The molecule has 2 rings (SSSR count). The Bertz CT molecular complexity index is 502. The van der Waals surface area contributed by atoms with Crippen LogP contribution >= 0.6 is 0 Å². The molecule has 78 valence electrons. The molecular weight excluding hydrogens is 190 g/mol. The number of aromatic nitrogens is 2. The summed E-state index contributed by atoms with van der Waals surface area (Å²) in [5, 5.41) is 2.70. The Morgan fingerprint density at radius 1 is 1.53 bits per heavy atom. The van der Waals surface area contributed by atoms with Crippen molar-refractivity contribution in [3.8, 4) is 0 Å². The van der Waals surface area contributed by atoms with Crippen LogP contribution in [0.5, 0.6) is 0 Å². The van der Waals surface area contributed by atoms with E-state index in [-0.39, 0.29) is 5.91 Å². The van der Waals surface area contributed by atoms with Gasteiger partial charge < -0.3 is 10.3 Å². The molecule has 0 saturated carbocycles. The van der Waals surface area contributed by atoms with Crippen molar-refractivity contribution in [1.29, 1.82) is 0 Å². The standard InChI is InChI=1S/C11H13N3O/c1-3-12-11(15)10-13-8-5-4-7(2)6-9(8)14-10/h4-6H,3H2,1-2H3,(H,12,15)(H,13,14). The largest absolute Gasteiger partial charge is 0.350 e. The number of rotatable bonds is 2. The molecular formula is C11H13N3O. The fraction of sp³-hybridized carbons (Fsp3) is 0.273. The van der Waals surface area contributed by atoms with Gasteiger partial charge in [0.05, 0.1) is 11.0 Å². The molecule has 2 aromatic rings. The Balaban J connectivity index is 2.42. The third kappa shape index (κ3) is 1.83. The molecule has 1 aromatic carbocycles. The van der Waals surface area contributed by atoms with Crippen molar-refractivity contribution in [1.82, 2.24) is 15.3 Å². The average Bonchev–Trinajstić information content (AvgIpc) is 2.60. The van der Waals surface area contributed by atoms with Crippen LogP contribution in [0.3, 0.4) is 0 Å². The van der Waals surface area contributed by atoms with Gasteiger partial charge in [0.2, 0.25) is 0 Å². The van der Waals surface area contributed by atoms with Crippen LogP contribution in [0.25, 0.3) is 11.0 Å². The van der Waals surface area contributed by atoms with Gasteiger partial charge in [-0.2, -0.15) is 0 Å². The van der Waals surface area contributed by atoms with E-state index in [0.717, 1.165) is 16.6 Å². The minimum Gasteiger partial charge on any atom is -0.350 e. The lowest BCUT2D eigenvalue weighted by Gasteiger charge is -1.95. The molecule has 0 spiro atoms. The fourth-order valence-corrected chi connectivity index (χ4v) is 1.48. The van der Waals surface area contributed by atoms with Gasteiger partial charge in [-0.3, -0.25) is 4.79 Å². The minimum absolute atomic E-state index is 0.161. The smallest absolute Gasteiger partial charge is 0.287 e. The number of benzene rings is 1. The summed E-state index contributed by atoms with van der Waals surface area (Å²) in [4.78, 5) is 18.7. The van der Waals surface area contributed by atoms with E-state index in [0.29, 0.717) is 12.4 Å². The van der Waals surface area contributed by atoms with Crippen LogP contribution in [0.15, 0.2) is 18.2 Å². The van der Waals surface area contributed by atoms with E-state index in [4.69, 9.17) is 0 Å². The van der Waals surface area contributed by atoms with Crippen LogP contribution < -0.4 is 5.32 Å². The highest BCUT2D eigenvalue weighted by molar-refractivity contribution is 5.94. The molecule has 1 aromatic heterocycles. The quantitative estimate of drug-likeness (QED) is 0.779. The van der Waals surface area contributed by atoms with E-state index in [9.17, 15) is 4.79 Å². The van der Waals surface area contributed by atoms with Crippen molar-refractivity contribution in [2.24, 2.45) is 0 Å². The summed E-state index contributed by atoms with van der Waals surface area (Å²) >= 11 is 0. The Morgan fingerprint density at radius 3 is 3.07 bits per heavy atom. The van der Waals surface area contributed by atoms with Crippen molar-refractivity contribution in [3.63, 3.8) is 0 Å². The average molecular weight is 203 g/mol.